The van der Waals surface area contributed by atoms with Crippen LogP contribution in [0, 0.1) is 11.7 Å². The molecule has 2 amide bonds. The highest BCUT2D eigenvalue weighted by Crippen LogP contribution is 2.40. The maximum Gasteiger partial charge on any atom is 0.261 e. The van der Waals surface area contributed by atoms with Gasteiger partial charge in [-0.3, -0.25) is 9.59 Å². The molecule has 7 heteroatoms. The molecule has 0 aromatic heterocycles. The fraction of sp³-hybridized carbons (Fsp3) is 0.391. The first-order chi connectivity index (χ1) is 14.4. The largest absolute Gasteiger partial charge is 0.483 e. The number of halogens is 2. The second kappa shape index (κ2) is 8.64. The molecule has 2 bridgehead atoms. The van der Waals surface area contributed by atoms with E-state index in [1.165, 1.54) is 18.2 Å². The maximum atomic E-state index is 13.1. The van der Waals surface area contributed by atoms with E-state index in [9.17, 15) is 14.0 Å². The molecule has 2 aromatic carbocycles. The highest BCUT2D eigenvalue weighted by atomic mass is 35.5. The fourth-order valence-corrected chi connectivity index (χ4v) is 5.02. The third-order valence-corrected chi connectivity index (χ3v) is 6.35. The van der Waals surface area contributed by atoms with Crippen molar-refractivity contribution in [2.24, 2.45) is 11.7 Å². The van der Waals surface area contributed by atoms with Gasteiger partial charge in [-0.25, -0.2) is 4.39 Å². The molecule has 2 atom stereocenters. The predicted octanol–water partition coefficient (Wildman–Crippen LogP) is 3.97. The van der Waals surface area contributed by atoms with E-state index in [-0.39, 0.29) is 41.7 Å². The van der Waals surface area contributed by atoms with E-state index in [2.05, 4.69) is 0 Å². The maximum absolute atomic E-state index is 13.1. The SMILES string of the molecule is NC(=O)c1cc(Cl)ccc1OCC(=O)N1C2CCC1CC(Cc1ccc(F)cc1)C2. The topological polar surface area (TPSA) is 72.6 Å². The van der Waals surface area contributed by atoms with Crippen LogP contribution in [0.15, 0.2) is 42.5 Å². The Labute approximate surface area is 179 Å². The van der Waals surface area contributed by atoms with E-state index in [1.54, 1.807) is 12.1 Å². The predicted molar refractivity (Wildman–Crippen MR) is 112 cm³/mol. The molecule has 4 rings (SSSR count). The lowest BCUT2D eigenvalue weighted by Crippen LogP contribution is -2.48. The quantitative estimate of drug-likeness (QED) is 0.753. The first kappa shape index (κ1) is 20.7. The van der Waals surface area contributed by atoms with E-state index in [4.69, 9.17) is 22.1 Å². The summed E-state index contributed by atoms with van der Waals surface area (Å²) in [6.07, 6.45) is 4.76. The Morgan fingerprint density at radius 1 is 1.10 bits per heavy atom. The van der Waals surface area contributed by atoms with Crippen LogP contribution in [0.2, 0.25) is 5.02 Å². The Balaban J connectivity index is 1.37. The van der Waals surface area contributed by atoms with Crippen LogP contribution in [0.4, 0.5) is 4.39 Å². The van der Waals surface area contributed by atoms with Crippen LogP contribution in [0.3, 0.4) is 0 Å². The number of amides is 2. The van der Waals surface area contributed by atoms with E-state index in [0.717, 1.165) is 37.7 Å². The summed E-state index contributed by atoms with van der Waals surface area (Å²) in [6, 6.07) is 11.7. The monoisotopic (exact) mass is 430 g/mol. The molecule has 2 unspecified atom stereocenters. The Hall–Kier alpha value is -2.60. The summed E-state index contributed by atoms with van der Waals surface area (Å²) in [5, 5.41) is 0.378. The van der Waals surface area contributed by atoms with Crippen LogP contribution >= 0.6 is 11.6 Å². The average Bonchev–Trinajstić information content (AvgIpc) is 2.99. The third-order valence-electron chi connectivity index (χ3n) is 6.11. The van der Waals surface area contributed by atoms with E-state index in [0.29, 0.717) is 10.9 Å². The molecular formula is C23H24ClFN2O3. The minimum Gasteiger partial charge on any atom is -0.483 e. The Bertz CT molecular complexity index is 936. The highest BCUT2D eigenvalue weighted by molar-refractivity contribution is 6.31. The van der Waals surface area contributed by atoms with E-state index < -0.39 is 5.91 Å². The van der Waals surface area contributed by atoms with Crippen LogP contribution in [0.25, 0.3) is 0 Å². The number of ether oxygens (including phenoxy) is 1. The Morgan fingerprint density at radius 3 is 2.40 bits per heavy atom. The van der Waals surface area contributed by atoms with Crippen LogP contribution in [0.5, 0.6) is 5.75 Å². The number of nitrogens with two attached hydrogens (primary N) is 1. The lowest BCUT2D eigenvalue weighted by Gasteiger charge is -2.39. The first-order valence-electron chi connectivity index (χ1n) is 10.2. The summed E-state index contributed by atoms with van der Waals surface area (Å²) < 4.78 is 18.8. The number of hydrogen-bond acceptors (Lipinski definition) is 3. The van der Waals surface area contributed by atoms with E-state index >= 15 is 0 Å². The molecule has 0 spiro atoms. The molecule has 0 aliphatic carbocycles. The average molecular weight is 431 g/mol. The van der Waals surface area contributed by atoms with Crippen LogP contribution < -0.4 is 10.5 Å². The number of carbonyl (C=O) groups is 2. The Morgan fingerprint density at radius 2 is 1.77 bits per heavy atom. The molecule has 5 nitrogen and oxygen atoms in total. The van der Waals surface area contributed by atoms with Crippen molar-refractivity contribution in [2.75, 3.05) is 6.61 Å². The summed E-state index contributed by atoms with van der Waals surface area (Å²) in [5.74, 6) is -0.205. The molecular weight excluding hydrogens is 407 g/mol. The van der Waals surface area contributed by atoms with E-state index in [1.807, 2.05) is 17.0 Å². The van der Waals surface area contributed by atoms with Gasteiger partial charge in [0.25, 0.3) is 11.8 Å². The first-order valence-corrected chi connectivity index (χ1v) is 10.6. The molecule has 2 aliphatic rings. The number of piperidine rings is 1. The number of fused-ring (bicyclic) bond motifs is 2. The molecule has 2 N–H and O–H groups in total. The number of hydrogen-bond donors (Lipinski definition) is 1. The fourth-order valence-electron chi connectivity index (χ4n) is 4.85. The molecule has 158 valence electrons. The number of nitrogens with zero attached hydrogens (tertiary/aromatic N) is 1. The summed E-state index contributed by atoms with van der Waals surface area (Å²) in [4.78, 5) is 26.5. The zero-order chi connectivity index (χ0) is 21.3. The number of rotatable bonds is 6. The van der Waals surface area contributed by atoms with Crippen molar-refractivity contribution in [2.45, 2.75) is 44.2 Å². The highest BCUT2D eigenvalue weighted by Gasteiger charge is 2.43. The standard InChI is InChI=1S/C23H24ClFN2O3/c24-16-3-8-21(20(12-16)23(26)29)30-13-22(28)27-18-6-7-19(27)11-15(10-18)9-14-1-4-17(25)5-2-14/h1-5,8,12,15,18-19H,6-7,9-11,13H2,(H2,26,29). The zero-order valence-electron chi connectivity index (χ0n) is 16.5. The second-order valence-electron chi connectivity index (χ2n) is 8.15. The van der Waals surface area contributed by atoms with Crippen molar-refractivity contribution >= 4 is 23.4 Å². The summed E-state index contributed by atoms with van der Waals surface area (Å²) in [7, 11) is 0. The number of primary amides is 1. The van der Waals surface area contributed by atoms with Crippen LogP contribution in [-0.2, 0) is 11.2 Å². The Kier molecular flexibility index (Phi) is 5.95. The second-order valence-corrected chi connectivity index (χ2v) is 8.58. The van der Waals surface area contributed by atoms with Gasteiger partial charge in [0.1, 0.15) is 11.6 Å². The normalized spacial score (nSPS) is 22.7. The van der Waals surface area contributed by atoms with Crippen LogP contribution in [-0.4, -0.2) is 35.4 Å². The van der Waals surface area contributed by atoms with Gasteiger partial charge in [0.2, 0.25) is 0 Å². The molecule has 2 saturated heterocycles. The van der Waals surface area contributed by atoms with Gasteiger partial charge in [0, 0.05) is 17.1 Å². The van der Waals surface area contributed by atoms with Crippen molar-refractivity contribution in [3.05, 3.63) is 64.4 Å². The van der Waals surface area contributed by atoms with Crippen molar-refractivity contribution < 1.29 is 18.7 Å². The lowest BCUT2D eigenvalue weighted by molar-refractivity contribution is -0.138. The van der Waals surface area contributed by atoms with Crippen molar-refractivity contribution in [3.8, 4) is 5.75 Å². The smallest absolute Gasteiger partial charge is 0.261 e. The molecule has 2 heterocycles. The molecule has 2 aromatic rings. The van der Waals surface area contributed by atoms with Crippen molar-refractivity contribution in [3.63, 3.8) is 0 Å². The van der Waals surface area contributed by atoms with Gasteiger partial charge in [-0.1, -0.05) is 23.7 Å². The van der Waals surface area contributed by atoms with Gasteiger partial charge in [0.05, 0.1) is 5.56 Å². The lowest BCUT2D eigenvalue weighted by atomic mass is 9.86. The summed E-state index contributed by atoms with van der Waals surface area (Å²) >= 11 is 5.91. The summed E-state index contributed by atoms with van der Waals surface area (Å²) in [5.41, 5.74) is 6.67. The van der Waals surface area contributed by atoms with Crippen molar-refractivity contribution in [1.82, 2.24) is 4.90 Å². The van der Waals surface area contributed by atoms with Gasteiger partial charge in [-0.05, 0) is 73.9 Å². The number of benzene rings is 2. The van der Waals surface area contributed by atoms with Gasteiger partial charge in [-0.15, -0.1) is 0 Å². The molecule has 0 saturated carbocycles. The molecule has 0 radical (unpaired) electrons. The van der Waals surface area contributed by atoms with Gasteiger partial charge < -0.3 is 15.4 Å². The van der Waals surface area contributed by atoms with Gasteiger partial charge in [0.15, 0.2) is 6.61 Å². The van der Waals surface area contributed by atoms with Gasteiger partial charge >= 0.3 is 0 Å². The third kappa shape index (κ3) is 4.43. The minimum absolute atomic E-state index is 0.0758. The molecule has 30 heavy (non-hydrogen) atoms. The minimum atomic E-state index is -0.651. The zero-order valence-corrected chi connectivity index (χ0v) is 17.3. The number of carbonyl (C=O) groups excluding carboxylic acids is 2. The van der Waals surface area contributed by atoms with Crippen molar-refractivity contribution in [1.29, 1.82) is 0 Å². The molecule has 2 fully saturated rings. The summed E-state index contributed by atoms with van der Waals surface area (Å²) in [6.45, 7) is -0.141. The molecule has 2 aliphatic heterocycles. The van der Waals surface area contributed by atoms with Gasteiger partial charge in [-0.2, -0.15) is 0 Å². The van der Waals surface area contributed by atoms with Crippen LogP contribution in [0.1, 0.15) is 41.6 Å².